The van der Waals surface area contributed by atoms with Crippen molar-refractivity contribution >= 4 is 12.0 Å². The zero-order valence-corrected chi connectivity index (χ0v) is 10.8. The van der Waals surface area contributed by atoms with E-state index in [2.05, 4.69) is 0 Å². The zero-order chi connectivity index (χ0) is 13.2. The van der Waals surface area contributed by atoms with Crippen LogP contribution in [0.2, 0.25) is 0 Å². The first-order valence-corrected chi connectivity index (χ1v) is 6.22. The van der Waals surface area contributed by atoms with Gasteiger partial charge < -0.3 is 14.4 Å². The molecule has 18 heavy (non-hydrogen) atoms. The van der Waals surface area contributed by atoms with Gasteiger partial charge in [0.15, 0.2) is 0 Å². The lowest BCUT2D eigenvalue weighted by Crippen LogP contribution is -2.44. The molecule has 0 aliphatic carbocycles. The zero-order valence-electron chi connectivity index (χ0n) is 10.8. The SMILES string of the molecule is Cc1ccc(/C=C/C(=O)N2CCC(C)(O)CC2)o1. The molecule has 1 fully saturated rings. The fourth-order valence-corrected chi connectivity index (χ4v) is 2.01. The summed E-state index contributed by atoms with van der Waals surface area (Å²) in [5.74, 6) is 1.49. The molecule has 1 saturated heterocycles. The molecule has 1 aliphatic rings. The number of hydrogen-bond donors (Lipinski definition) is 1. The van der Waals surface area contributed by atoms with Gasteiger partial charge >= 0.3 is 0 Å². The number of carbonyl (C=O) groups excluding carboxylic acids is 1. The van der Waals surface area contributed by atoms with Crippen molar-refractivity contribution in [3.05, 3.63) is 29.7 Å². The highest BCUT2D eigenvalue weighted by atomic mass is 16.3. The van der Waals surface area contributed by atoms with Gasteiger partial charge in [-0.3, -0.25) is 4.79 Å². The van der Waals surface area contributed by atoms with Crippen LogP contribution < -0.4 is 0 Å². The average molecular weight is 249 g/mol. The van der Waals surface area contributed by atoms with Gasteiger partial charge in [0, 0.05) is 19.2 Å². The number of carbonyl (C=O) groups is 1. The second-order valence-electron chi connectivity index (χ2n) is 5.10. The Hall–Kier alpha value is -1.55. The molecular formula is C14H19NO3. The molecule has 0 aromatic carbocycles. The third kappa shape index (κ3) is 3.23. The van der Waals surface area contributed by atoms with Crippen molar-refractivity contribution in [2.75, 3.05) is 13.1 Å². The number of nitrogens with zero attached hydrogens (tertiary/aromatic N) is 1. The molecule has 4 nitrogen and oxygen atoms in total. The van der Waals surface area contributed by atoms with Crippen molar-refractivity contribution in [2.45, 2.75) is 32.3 Å². The maximum Gasteiger partial charge on any atom is 0.246 e. The second kappa shape index (κ2) is 4.98. The van der Waals surface area contributed by atoms with Crippen LogP contribution in [0, 0.1) is 6.92 Å². The number of hydrogen-bond acceptors (Lipinski definition) is 3. The Kier molecular flexibility index (Phi) is 3.57. The van der Waals surface area contributed by atoms with Gasteiger partial charge in [-0.25, -0.2) is 0 Å². The topological polar surface area (TPSA) is 53.7 Å². The monoisotopic (exact) mass is 249 g/mol. The average Bonchev–Trinajstić information content (AvgIpc) is 2.72. The molecule has 2 heterocycles. The molecule has 1 aromatic heterocycles. The van der Waals surface area contributed by atoms with E-state index in [1.807, 2.05) is 26.0 Å². The summed E-state index contributed by atoms with van der Waals surface area (Å²) in [6.07, 6.45) is 4.47. The lowest BCUT2D eigenvalue weighted by atomic mass is 9.94. The summed E-state index contributed by atoms with van der Waals surface area (Å²) >= 11 is 0. The van der Waals surface area contributed by atoms with Gasteiger partial charge in [-0.2, -0.15) is 0 Å². The number of aliphatic hydroxyl groups is 1. The van der Waals surface area contributed by atoms with Crippen LogP contribution in [0.4, 0.5) is 0 Å². The molecule has 0 bridgehead atoms. The fraction of sp³-hybridized carbons (Fsp3) is 0.500. The van der Waals surface area contributed by atoms with Crippen molar-refractivity contribution in [3.8, 4) is 0 Å². The molecule has 0 unspecified atom stereocenters. The summed E-state index contributed by atoms with van der Waals surface area (Å²) in [5.41, 5.74) is -0.626. The summed E-state index contributed by atoms with van der Waals surface area (Å²) in [4.78, 5) is 13.7. The Morgan fingerprint density at radius 2 is 2.11 bits per heavy atom. The van der Waals surface area contributed by atoms with Crippen LogP contribution in [0.25, 0.3) is 6.08 Å². The molecular weight excluding hydrogens is 230 g/mol. The minimum Gasteiger partial charge on any atom is -0.462 e. The predicted octanol–water partition coefficient (Wildman–Crippen LogP) is 1.97. The molecule has 1 amide bonds. The third-order valence-electron chi connectivity index (χ3n) is 3.30. The molecule has 1 N–H and O–H groups in total. The Balaban J connectivity index is 1.91. The van der Waals surface area contributed by atoms with Crippen LogP contribution in [0.15, 0.2) is 22.6 Å². The van der Waals surface area contributed by atoms with Crippen molar-refractivity contribution < 1.29 is 14.3 Å². The van der Waals surface area contributed by atoms with Crippen LogP contribution in [0.1, 0.15) is 31.3 Å². The van der Waals surface area contributed by atoms with E-state index in [0.29, 0.717) is 31.7 Å². The summed E-state index contributed by atoms with van der Waals surface area (Å²) in [5, 5.41) is 9.81. The smallest absolute Gasteiger partial charge is 0.246 e. The highest BCUT2D eigenvalue weighted by Crippen LogP contribution is 2.21. The molecule has 2 rings (SSSR count). The van der Waals surface area contributed by atoms with Crippen LogP contribution in [0.3, 0.4) is 0 Å². The highest BCUT2D eigenvalue weighted by Gasteiger charge is 2.28. The Bertz CT molecular complexity index is 449. The Morgan fingerprint density at radius 1 is 1.44 bits per heavy atom. The molecule has 0 atom stereocenters. The maximum absolute atomic E-state index is 11.9. The largest absolute Gasteiger partial charge is 0.462 e. The van der Waals surface area contributed by atoms with Crippen molar-refractivity contribution in [3.63, 3.8) is 0 Å². The molecule has 98 valence electrons. The van der Waals surface area contributed by atoms with Crippen LogP contribution in [-0.4, -0.2) is 34.6 Å². The number of furan rings is 1. The first-order valence-electron chi connectivity index (χ1n) is 6.22. The minimum absolute atomic E-state index is 0.0282. The van der Waals surface area contributed by atoms with Gasteiger partial charge in [-0.1, -0.05) is 0 Å². The normalized spacial score (nSPS) is 19.4. The number of aryl methyl sites for hydroxylation is 1. The summed E-state index contributed by atoms with van der Waals surface area (Å²) in [6, 6.07) is 3.70. The van der Waals surface area contributed by atoms with Crippen LogP contribution in [-0.2, 0) is 4.79 Å². The van der Waals surface area contributed by atoms with Crippen molar-refractivity contribution in [1.82, 2.24) is 4.90 Å². The summed E-state index contributed by atoms with van der Waals surface area (Å²) < 4.78 is 5.36. The lowest BCUT2D eigenvalue weighted by molar-refractivity contribution is -0.129. The van der Waals surface area contributed by atoms with Crippen molar-refractivity contribution in [2.24, 2.45) is 0 Å². The molecule has 0 radical (unpaired) electrons. The van der Waals surface area contributed by atoms with Gasteiger partial charge in [0.25, 0.3) is 0 Å². The third-order valence-corrected chi connectivity index (χ3v) is 3.30. The van der Waals surface area contributed by atoms with Crippen molar-refractivity contribution in [1.29, 1.82) is 0 Å². The molecule has 0 spiro atoms. The van der Waals surface area contributed by atoms with Gasteiger partial charge in [0.05, 0.1) is 5.60 Å². The Morgan fingerprint density at radius 3 is 2.67 bits per heavy atom. The summed E-state index contributed by atoms with van der Waals surface area (Å²) in [6.45, 7) is 4.89. The van der Waals surface area contributed by atoms with Gasteiger partial charge in [-0.05, 0) is 44.9 Å². The quantitative estimate of drug-likeness (QED) is 0.815. The molecule has 1 aromatic rings. The lowest BCUT2D eigenvalue weighted by Gasteiger charge is -2.35. The molecule has 0 saturated carbocycles. The van der Waals surface area contributed by atoms with E-state index in [1.54, 1.807) is 11.0 Å². The van der Waals surface area contributed by atoms with E-state index in [9.17, 15) is 9.90 Å². The number of likely N-dealkylation sites (tertiary alicyclic amines) is 1. The van der Waals surface area contributed by atoms with E-state index >= 15 is 0 Å². The van der Waals surface area contributed by atoms with Crippen LogP contribution in [0.5, 0.6) is 0 Å². The number of rotatable bonds is 2. The highest BCUT2D eigenvalue weighted by molar-refractivity contribution is 5.91. The van der Waals surface area contributed by atoms with Gasteiger partial charge in [0.2, 0.25) is 5.91 Å². The number of amides is 1. The molecule has 4 heteroatoms. The second-order valence-corrected chi connectivity index (χ2v) is 5.10. The first-order chi connectivity index (χ1) is 8.46. The van der Waals surface area contributed by atoms with Gasteiger partial charge in [-0.15, -0.1) is 0 Å². The van der Waals surface area contributed by atoms with E-state index in [-0.39, 0.29) is 5.91 Å². The minimum atomic E-state index is -0.626. The van der Waals surface area contributed by atoms with E-state index < -0.39 is 5.60 Å². The number of piperidine rings is 1. The summed E-state index contributed by atoms with van der Waals surface area (Å²) in [7, 11) is 0. The molecule has 1 aliphatic heterocycles. The van der Waals surface area contributed by atoms with E-state index in [4.69, 9.17) is 4.42 Å². The van der Waals surface area contributed by atoms with E-state index in [0.717, 1.165) is 5.76 Å². The van der Waals surface area contributed by atoms with Gasteiger partial charge in [0.1, 0.15) is 11.5 Å². The standard InChI is InChI=1S/C14H19NO3/c1-11-3-4-12(18-11)5-6-13(16)15-9-7-14(2,17)8-10-15/h3-6,17H,7-10H2,1-2H3/b6-5+. The predicted molar refractivity (Wildman–Crippen MR) is 68.9 cm³/mol. The first kappa shape index (κ1) is 12.9. The fourth-order valence-electron chi connectivity index (χ4n) is 2.01. The Labute approximate surface area is 107 Å². The van der Waals surface area contributed by atoms with Crippen LogP contribution >= 0.6 is 0 Å². The maximum atomic E-state index is 11.9. The van der Waals surface area contributed by atoms with E-state index in [1.165, 1.54) is 6.08 Å².